The van der Waals surface area contributed by atoms with E-state index in [4.69, 9.17) is 32.7 Å². The first kappa shape index (κ1) is 26.7. The van der Waals surface area contributed by atoms with Crippen molar-refractivity contribution in [1.82, 2.24) is 4.90 Å². The summed E-state index contributed by atoms with van der Waals surface area (Å²) in [6.45, 7) is 3.58. The number of nitrogens with zero attached hydrogens (tertiary/aromatic N) is 1. The van der Waals surface area contributed by atoms with E-state index >= 15 is 0 Å². The molecule has 0 radical (unpaired) electrons. The number of ether oxygens (including phenoxy) is 2. The van der Waals surface area contributed by atoms with E-state index in [0.29, 0.717) is 39.4 Å². The van der Waals surface area contributed by atoms with Crippen LogP contribution in [0.4, 0.5) is 5.69 Å². The SMILES string of the molecule is COc1ccc(OC)c(NC(=O)[C@H](C(C)C)N2C(=O)[C@H]3[C@H](C2=O)C2(Cl)c4ccccc4C3(Cl)c3ccccc32)c1. The van der Waals surface area contributed by atoms with Crippen molar-refractivity contribution in [3.8, 4) is 11.5 Å². The van der Waals surface area contributed by atoms with Crippen molar-refractivity contribution in [2.75, 3.05) is 19.5 Å². The van der Waals surface area contributed by atoms with Gasteiger partial charge in [-0.1, -0.05) is 62.4 Å². The van der Waals surface area contributed by atoms with Crippen molar-refractivity contribution >= 4 is 46.6 Å². The number of benzene rings is 3. The molecule has 1 N–H and O–H groups in total. The monoisotopic (exact) mass is 578 g/mol. The van der Waals surface area contributed by atoms with Crippen LogP contribution >= 0.6 is 23.2 Å². The minimum absolute atomic E-state index is 0.358. The predicted octanol–water partition coefficient (Wildman–Crippen LogP) is 5.26. The van der Waals surface area contributed by atoms with E-state index in [2.05, 4.69) is 5.32 Å². The minimum atomic E-state index is -1.32. The molecule has 3 atom stereocenters. The third kappa shape index (κ3) is 3.34. The Bertz CT molecular complexity index is 1450. The Balaban J connectivity index is 1.46. The highest BCUT2D eigenvalue weighted by Crippen LogP contribution is 2.69. The molecule has 2 bridgehead atoms. The lowest BCUT2D eigenvalue weighted by Crippen LogP contribution is -2.57. The zero-order valence-electron chi connectivity index (χ0n) is 22.4. The van der Waals surface area contributed by atoms with Gasteiger partial charge in [0, 0.05) is 6.07 Å². The molecule has 7 rings (SSSR count). The first-order chi connectivity index (χ1) is 19.1. The Kier molecular flexibility index (Phi) is 6.16. The summed E-state index contributed by atoms with van der Waals surface area (Å²) in [7, 11) is 3.00. The largest absolute Gasteiger partial charge is 0.497 e. The van der Waals surface area contributed by atoms with E-state index in [1.165, 1.54) is 14.2 Å². The first-order valence-corrected chi connectivity index (χ1v) is 13.8. The average Bonchev–Trinajstić information content (AvgIpc) is 3.22. The van der Waals surface area contributed by atoms with Gasteiger partial charge < -0.3 is 14.8 Å². The summed E-state index contributed by atoms with van der Waals surface area (Å²) < 4.78 is 10.7. The molecule has 0 unspecified atom stereocenters. The van der Waals surface area contributed by atoms with Gasteiger partial charge in [-0.05, 0) is 40.3 Å². The van der Waals surface area contributed by atoms with Crippen LogP contribution in [0, 0.1) is 17.8 Å². The Morgan fingerprint density at radius 3 is 1.70 bits per heavy atom. The summed E-state index contributed by atoms with van der Waals surface area (Å²) in [6, 6.07) is 18.8. The lowest BCUT2D eigenvalue weighted by molar-refractivity contribution is -0.148. The van der Waals surface area contributed by atoms with Crippen molar-refractivity contribution < 1.29 is 23.9 Å². The molecule has 3 aromatic rings. The molecule has 0 spiro atoms. The van der Waals surface area contributed by atoms with Crippen molar-refractivity contribution in [3.05, 3.63) is 89.0 Å². The fraction of sp³-hybridized carbons (Fsp3) is 0.323. The van der Waals surface area contributed by atoms with E-state index in [1.807, 2.05) is 48.5 Å². The normalized spacial score (nSPS) is 26.7. The zero-order chi connectivity index (χ0) is 28.6. The van der Waals surface area contributed by atoms with E-state index in [9.17, 15) is 14.4 Å². The van der Waals surface area contributed by atoms with E-state index in [1.54, 1.807) is 32.0 Å². The number of hydrogen-bond acceptors (Lipinski definition) is 5. The van der Waals surface area contributed by atoms with Gasteiger partial charge in [0.15, 0.2) is 0 Å². The van der Waals surface area contributed by atoms with Crippen molar-refractivity contribution in [1.29, 1.82) is 0 Å². The second-order valence-corrected chi connectivity index (χ2v) is 12.0. The molecular formula is C31H28Cl2N2O5. The Labute approximate surface area is 242 Å². The van der Waals surface area contributed by atoms with Crippen LogP contribution in [0.2, 0.25) is 0 Å². The Morgan fingerprint density at radius 1 is 0.825 bits per heavy atom. The fourth-order valence-corrected chi connectivity index (χ4v) is 7.90. The summed E-state index contributed by atoms with van der Waals surface area (Å²) >= 11 is 15.0. The maximum absolute atomic E-state index is 14.4. The van der Waals surface area contributed by atoms with Gasteiger partial charge in [-0.3, -0.25) is 19.3 Å². The number of halogens is 2. The molecule has 1 saturated heterocycles. The number of methoxy groups -OCH3 is 2. The highest BCUT2D eigenvalue weighted by Gasteiger charge is 2.73. The van der Waals surface area contributed by atoms with Gasteiger partial charge in [0.25, 0.3) is 0 Å². The van der Waals surface area contributed by atoms with E-state index in [-0.39, 0.29) is 0 Å². The number of hydrogen-bond donors (Lipinski definition) is 1. The molecule has 3 aromatic carbocycles. The van der Waals surface area contributed by atoms with Gasteiger partial charge in [0.2, 0.25) is 17.7 Å². The molecule has 0 aromatic heterocycles. The number of rotatable bonds is 6. The van der Waals surface area contributed by atoms with Crippen LogP contribution in [0.15, 0.2) is 66.7 Å². The lowest BCUT2D eigenvalue weighted by atomic mass is 9.54. The van der Waals surface area contributed by atoms with Crippen molar-refractivity contribution in [2.24, 2.45) is 17.8 Å². The van der Waals surface area contributed by atoms with Gasteiger partial charge in [-0.2, -0.15) is 0 Å². The number of anilines is 1. The summed E-state index contributed by atoms with van der Waals surface area (Å²) in [5.74, 6) is -3.00. The van der Waals surface area contributed by atoms with Gasteiger partial charge in [0.1, 0.15) is 27.3 Å². The number of alkyl halides is 2. The maximum atomic E-state index is 14.4. The van der Waals surface area contributed by atoms with Crippen LogP contribution in [-0.4, -0.2) is 42.9 Å². The highest BCUT2D eigenvalue weighted by molar-refractivity contribution is 6.36. The van der Waals surface area contributed by atoms with Crippen LogP contribution in [0.1, 0.15) is 36.1 Å². The molecule has 1 heterocycles. The number of carbonyl (C=O) groups excluding carboxylic acids is 3. The number of carbonyl (C=O) groups is 3. The van der Waals surface area contributed by atoms with Crippen LogP contribution in [0.5, 0.6) is 11.5 Å². The quantitative estimate of drug-likeness (QED) is 0.318. The predicted molar refractivity (Wildman–Crippen MR) is 152 cm³/mol. The fourth-order valence-electron chi connectivity index (χ4n) is 6.80. The standard InChI is InChI=1S/C31H28Cl2N2O5/c1-16(2)26(27(36)34-22-15-17(39-3)13-14-23(22)40-4)35-28(37)24-25(29(35)38)31(33)19-10-6-5-9-18(19)30(24,32)20-11-7-8-12-21(20)31/h5-16,24-26H,1-4H3,(H,34,36)/t24-,25-,26+,30?,31?/m1/s1. The third-order valence-corrected chi connectivity index (χ3v) is 9.75. The summed E-state index contributed by atoms with van der Waals surface area (Å²) in [5, 5.41) is 2.85. The number of imide groups is 1. The van der Waals surface area contributed by atoms with Gasteiger partial charge >= 0.3 is 0 Å². The molecule has 3 amide bonds. The summed E-state index contributed by atoms with van der Waals surface area (Å²) in [4.78, 5) is 41.1. The number of amides is 3. The van der Waals surface area contributed by atoms with Crippen LogP contribution in [-0.2, 0) is 24.1 Å². The van der Waals surface area contributed by atoms with Crippen LogP contribution in [0.3, 0.4) is 0 Å². The molecule has 1 fully saturated rings. The molecular weight excluding hydrogens is 551 g/mol. The third-order valence-electron chi connectivity index (χ3n) is 8.46. The van der Waals surface area contributed by atoms with Crippen molar-refractivity contribution in [2.45, 2.75) is 29.6 Å². The molecule has 4 aliphatic rings. The highest BCUT2D eigenvalue weighted by atomic mass is 35.5. The summed E-state index contributed by atoms with van der Waals surface area (Å²) in [6.07, 6.45) is 0. The Morgan fingerprint density at radius 2 is 1.30 bits per heavy atom. The topological polar surface area (TPSA) is 84.9 Å². The molecule has 9 heteroatoms. The van der Waals surface area contributed by atoms with E-state index < -0.39 is 51.3 Å². The first-order valence-electron chi connectivity index (χ1n) is 13.1. The zero-order valence-corrected chi connectivity index (χ0v) is 23.9. The van der Waals surface area contributed by atoms with E-state index in [0.717, 1.165) is 4.90 Å². The average molecular weight is 579 g/mol. The Hall–Kier alpha value is -3.55. The van der Waals surface area contributed by atoms with Crippen molar-refractivity contribution in [3.63, 3.8) is 0 Å². The van der Waals surface area contributed by atoms with Gasteiger partial charge in [-0.25, -0.2) is 0 Å². The summed E-state index contributed by atoms with van der Waals surface area (Å²) in [5.41, 5.74) is 3.20. The molecule has 3 aliphatic carbocycles. The van der Waals surface area contributed by atoms with Gasteiger partial charge in [-0.15, -0.1) is 23.2 Å². The molecule has 206 valence electrons. The molecule has 7 nitrogen and oxygen atoms in total. The van der Waals surface area contributed by atoms with Gasteiger partial charge in [0.05, 0.1) is 31.7 Å². The number of nitrogens with one attached hydrogen (secondary N) is 1. The maximum Gasteiger partial charge on any atom is 0.248 e. The second-order valence-electron chi connectivity index (χ2n) is 10.8. The lowest BCUT2D eigenvalue weighted by Gasteiger charge is -2.54. The molecule has 0 saturated carbocycles. The molecule has 40 heavy (non-hydrogen) atoms. The number of likely N-dealkylation sites (tertiary alicyclic amines) is 1. The second kappa shape index (κ2) is 9.25. The minimum Gasteiger partial charge on any atom is -0.497 e. The van der Waals surface area contributed by atoms with Crippen LogP contribution in [0.25, 0.3) is 0 Å². The van der Waals surface area contributed by atoms with Crippen LogP contribution < -0.4 is 14.8 Å². The smallest absolute Gasteiger partial charge is 0.248 e. The molecule has 1 aliphatic heterocycles.